The van der Waals surface area contributed by atoms with Crippen molar-refractivity contribution in [3.63, 3.8) is 0 Å². The first-order valence-electron chi connectivity index (χ1n) is 30.2. The van der Waals surface area contributed by atoms with Crippen molar-refractivity contribution in [3.05, 3.63) is 36.5 Å². The van der Waals surface area contributed by atoms with Crippen molar-refractivity contribution >= 4 is 5.91 Å². The van der Waals surface area contributed by atoms with E-state index >= 15 is 0 Å². The van der Waals surface area contributed by atoms with E-state index in [0.717, 1.165) is 44.9 Å². The number of rotatable bonds is 44. The molecular formula is C59H107NO18. The van der Waals surface area contributed by atoms with E-state index in [9.17, 15) is 61.0 Å². The van der Waals surface area contributed by atoms with Crippen molar-refractivity contribution < 1.29 is 89.4 Å². The molecule has 0 saturated carbocycles. The average Bonchev–Trinajstić information content (AvgIpc) is 3.47. The summed E-state index contributed by atoms with van der Waals surface area (Å²) < 4.78 is 34.2. The average molecular weight is 1120 g/mol. The smallest absolute Gasteiger partial charge is 0.220 e. The van der Waals surface area contributed by atoms with Crippen LogP contribution in [0, 0.1) is 0 Å². The largest absolute Gasteiger partial charge is 0.394 e. The lowest BCUT2D eigenvalue weighted by molar-refractivity contribution is -0.379. The third-order valence-corrected chi connectivity index (χ3v) is 15.2. The molecule has 0 radical (unpaired) electrons. The van der Waals surface area contributed by atoms with Crippen molar-refractivity contribution in [2.45, 2.75) is 304 Å². The van der Waals surface area contributed by atoms with E-state index in [1.807, 2.05) is 6.08 Å². The molecule has 3 saturated heterocycles. The minimum Gasteiger partial charge on any atom is -0.394 e. The zero-order valence-electron chi connectivity index (χ0n) is 47.4. The molecule has 78 heavy (non-hydrogen) atoms. The van der Waals surface area contributed by atoms with E-state index < -0.39 is 124 Å². The third-order valence-electron chi connectivity index (χ3n) is 15.2. The topological polar surface area (TPSA) is 307 Å². The molecule has 17 atom stereocenters. The van der Waals surface area contributed by atoms with Crippen LogP contribution >= 0.6 is 0 Å². The predicted molar refractivity (Wildman–Crippen MR) is 296 cm³/mol. The van der Waals surface area contributed by atoms with Crippen molar-refractivity contribution in [2.24, 2.45) is 0 Å². The molecule has 3 aliphatic heterocycles. The molecule has 0 aromatic heterocycles. The van der Waals surface area contributed by atoms with Crippen LogP contribution in [0.25, 0.3) is 0 Å². The monoisotopic (exact) mass is 1120 g/mol. The molecule has 0 spiro atoms. The minimum absolute atomic E-state index is 0.235. The number of hydrogen-bond donors (Lipinski definition) is 12. The molecule has 3 aliphatic rings. The number of carbonyl (C=O) groups excluding carboxylic acids is 1. The quantitative estimate of drug-likeness (QED) is 0.0271. The number of aliphatic hydroxyl groups excluding tert-OH is 11. The van der Waals surface area contributed by atoms with Gasteiger partial charge in [-0.15, -0.1) is 0 Å². The lowest BCUT2D eigenvalue weighted by Gasteiger charge is -2.48. The highest BCUT2D eigenvalue weighted by atomic mass is 16.8. The van der Waals surface area contributed by atoms with E-state index in [1.165, 1.54) is 122 Å². The van der Waals surface area contributed by atoms with Crippen LogP contribution in [-0.4, -0.2) is 193 Å². The maximum absolute atomic E-state index is 13.3. The molecule has 3 fully saturated rings. The molecule has 0 aromatic carbocycles. The number of ether oxygens (including phenoxy) is 6. The summed E-state index contributed by atoms with van der Waals surface area (Å²) in [5.41, 5.74) is 0. The first-order chi connectivity index (χ1) is 37.8. The number of aliphatic hydroxyl groups is 11. The van der Waals surface area contributed by atoms with E-state index in [-0.39, 0.29) is 18.9 Å². The maximum atomic E-state index is 13.3. The molecule has 0 bridgehead atoms. The lowest BCUT2D eigenvalue weighted by Crippen LogP contribution is -2.66. The summed E-state index contributed by atoms with van der Waals surface area (Å²) in [6.07, 6.45) is 18.8. The molecule has 19 nitrogen and oxygen atoms in total. The fraction of sp³-hybridized carbons (Fsp3) is 0.881. The summed E-state index contributed by atoms with van der Waals surface area (Å²) in [6.45, 7) is 1.57. The second-order valence-electron chi connectivity index (χ2n) is 21.8. The van der Waals surface area contributed by atoms with Crippen molar-refractivity contribution in [1.82, 2.24) is 5.32 Å². The Morgan fingerprint density at radius 1 is 0.462 bits per heavy atom. The van der Waals surface area contributed by atoms with Gasteiger partial charge in [0.25, 0.3) is 0 Å². The Morgan fingerprint density at radius 3 is 1.27 bits per heavy atom. The van der Waals surface area contributed by atoms with E-state index in [4.69, 9.17) is 28.4 Å². The Kier molecular flexibility index (Phi) is 38.5. The molecule has 0 aliphatic carbocycles. The molecule has 3 heterocycles. The van der Waals surface area contributed by atoms with Gasteiger partial charge in [0.2, 0.25) is 5.91 Å². The van der Waals surface area contributed by atoms with Crippen molar-refractivity contribution in [3.8, 4) is 0 Å². The SMILES string of the molecule is CC/C=C/CC/C=C/CC/C=C/C(O)C(COC1OC(CO)C(OC2OC(CO)C(OC3OC(CO)C(O)C(O)C3O)C(O)C2O)C(O)C1O)NC(=O)CCCCCCCCCCCCCCCCCCCCCCCCC. The van der Waals surface area contributed by atoms with Crippen LogP contribution < -0.4 is 5.32 Å². The minimum atomic E-state index is -1.98. The lowest BCUT2D eigenvalue weighted by atomic mass is 9.96. The van der Waals surface area contributed by atoms with Gasteiger partial charge in [0, 0.05) is 6.42 Å². The van der Waals surface area contributed by atoms with Crippen LogP contribution in [0.5, 0.6) is 0 Å². The van der Waals surface area contributed by atoms with Crippen molar-refractivity contribution in [2.75, 3.05) is 26.4 Å². The normalized spacial score (nSPS) is 30.7. The molecule has 0 aromatic rings. The van der Waals surface area contributed by atoms with Crippen LogP contribution in [-0.2, 0) is 33.2 Å². The highest BCUT2D eigenvalue weighted by Crippen LogP contribution is 2.33. The Hall–Kier alpha value is -1.99. The van der Waals surface area contributed by atoms with Gasteiger partial charge in [-0.25, -0.2) is 0 Å². The number of hydrogen-bond acceptors (Lipinski definition) is 18. The van der Waals surface area contributed by atoms with E-state index in [1.54, 1.807) is 6.08 Å². The predicted octanol–water partition coefficient (Wildman–Crippen LogP) is 5.32. The first-order valence-corrected chi connectivity index (χ1v) is 30.2. The molecule has 456 valence electrons. The van der Waals surface area contributed by atoms with Gasteiger partial charge in [-0.05, 0) is 38.5 Å². The standard InChI is InChI=1S/C59H107NO18/c1-3-5-7-9-11-13-15-16-17-18-19-20-21-22-23-24-25-26-27-29-31-33-35-37-47(65)60-42(43(64)36-34-32-30-28-14-12-10-8-6-4-2)41-73-57-53(71)50(68)55(45(39-62)75-57)78-59-54(72)51(69)56(46(40-63)76-59)77-58-52(70)49(67)48(66)44(38-61)74-58/h6,8,14,28,34,36,42-46,48-59,61-64,66-72H,3-5,7,9-13,15-27,29-33,35,37-41H2,1-2H3,(H,60,65)/b8-6+,28-14+,36-34+. The number of amides is 1. The summed E-state index contributed by atoms with van der Waals surface area (Å²) in [6, 6.07) is -0.991. The number of unbranched alkanes of at least 4 members (excludes halogenated alkanes) is 24. The van der Waals surface area contributed by atoms with Gasteiger partial charge in [-0.2, -0.15) is 0 Å². The fourth-order valence-electron chi connectivity index (χ4n) is 10.2. The summed E-state index contributed by atoms with van der Waals surface area (Å²) in [7, 11) is 0. The Labute approximate surface area is 466 Å². The first kappa shape index (κ1) is 70.3. The van der Waals surface area contributed by atoms with Crippen LogP contribution in [0.3, 0.4) is 0 Å². The number of nitrogens with one attached hydrogen (secondary N) is 1. The van der Waals surface area contributed by atoms with Gasteiger partial charge in [0.05, 0.1) is 38.6 Å². The van der Waals surface area contributed by atoms with Crippen molar-refractivity contribution in [1.29, 1.82) is 0 Å². The van der Waals surface area contributed by atoms with E-state index in [0.29, 0.717) is 12.8 Å². The van der Waals surface area contributed by atoms with Crippen LogP contribution in [0.2, 0.25) is 0 Å². The van der Waals surface area contributed by atoms with Gasteiger partial charge < -0.3 is 89.9 Å². The van der Waals surface area contributed by atoms with Crippen LogP contribution in [0.4, 0.5) is 0 Å². The second kappa shape index (κ2) is 42.8. The van der Waals surface area contributed by atoms with Crippen LogP contribution in [0.1, 0.15) is 200 Å². The maximum Gasteiger partial charge on any atom is 0.220 e. The Morgan fingerprint density at radius 2 is 0.833 bits per heavy atom. The molecule has 19 heteroatoms. The summed E-state index contributed by atoms with van der Waals surface area (Å²) in [5.74, 6) is -0.290. The molecule has 3 rings (SSSR count). The highest BCUT2D eigenvalue weighted by molar-refractivity contribution is 5.76. The van der Waals surface area contributed by atoms with Crippen LogP contribution in [0.15, 0.2) is 36.5 Å². The Bertz CT molecular complexity index is 1570. The number of allylic oxidation sites excluding steroid dienone is 5. The molecule has 1 amide bonds. The van der Waals surface area contributed by atoms with Gasteiger partial charge in [-0.1, -0.05) is 192 Å². The molecule has 17 unspecified atom stereocenters. The Balaban J connectivity index is 1.44. The third kappa shape index (κ3) is 26.5. The summed E-state index contributed by atoms with van der Waals surface area (Å²) in [4.78, 5) is 13.3. The summed E-state index contributed by atoms with van der Waals surface area (Å²) in [5, 5.41) is 120. The zero-order valence-corrected chi connectivity index (χ0v) is 47.4. The molecular weight excluding hydrogens is 1010 g/mol. The zero-order chi connectivity index (χ0) is 56.9. The number of carbonyl (C=O) groups is 1. The van der Waals surface area contributed by atoms with Gasteiger partial charge in [-0.3, -0.25) is 4.79 Å². The fourth-order valence-corrected chi connectivity index (χ4v) is 10.2. The van der Waals surface area contributed by atoms with E-state index in [2.05, 4.69) is 43.5 Å². The van der Waals surface area contributed by atoms with Gasteiger partial charge >= 0.3 is 0 Å². The second-order valence-corrected chi connectivity index (χ2v) is 21.8. The molecule has 12 N–H and O–H groups in total. The summed E-state index contributed by atoms with van der Waals surface area (Å²) >= 11 is 0. The van der Waals surface area contributed by atoms with Gasteiger partial charge in [0.1, 0.15) is 73.2 Å². The van der Waals surface area contributed by atoms with Gasteiger partial charge in [0.15, 0.2) is 18.9 Å². The highest BCUT2D eigenvalue weighted by Gasteiger charge is 2.53.